The van der Waals surface area contributed by atoms with E-state index in [4.69, 9.17) is 4.74 Å². The van der Waals surface area contributed by atoms with Gasteiger partial charge < -0.3 is 4.74 Å². The summed E-state index contributed by atoms with van der Waals surface area (Å²) in [6, 6.07) is 0.632. The van der Waals surface area contributed by atoms with Crippen LogP contribution in [-0.4, -0.2) is 41.9 Å². The molecule has 16 heavy (non-hydrogen) atoms. The van der Waals surface area contributed by atoms with Crippen molar-refractivity contribution >= 4 is 21.9 Å². The lowest BCUT2D eigenvalue weighted by Crippen LogP contribution is -2.40. The van der Waals surface area contributed by atoms with Crippen molar-refractivity contribution in [1.29, 1.82) is 0 Å². The molecule has 1 saturated heterocycles. The average Bonchev–Trinajstić information content (AvgIpc) is 2.52. The molecule has 2 atom stereocenters. The molecule has 2 unspecified atom stereocenters. The molecule has 1 heterocycles. The molecular weight excluding hydrogens is 270 g/mol. The van der Waals surface area contributed by atoms with Gasteiger partial charge in [0.05, 0.1) is 7.11 Å². The van der Waals surface area contributed by atoms with E-state index in [1.54, 1.807) is 0 Å². The van der Waals surface area contributed by atoms with Crippen LogP contribution >= 0.6 is 15.9 Å². The molecule has 0 aromatic carbocycles. The summed E-state index contributed by atoms with van der Waals surface area (Å²) in [5, 5.41) is 0. The minimum absolute atomic E-state index is 0.167. The van der Waals surface area contributed by atoms with Gasteiger partial charge in [-0.15, -0.1) is 0 Å². The van der Waals surface area contributed by atoms with Gasteiger partial charge in [0.15, 0.2) is 0 Å². The van der Waals surface area contributed by atoms with Gasteiger partial charge in [0.1, 0.15) is 4.83 Å². The fourth-order valence-electron chi connectivity index (χ4n) is 2.35. The Bertz CT molecular complexity index is 223. The first kappa shape index (κ1) is 14.0. The molecule has 0 radical (unpaired) electrons. The predicted octanol–water partition coefficient (Wildman–Crippen LogP) is 2.58. The van der Waals surface area contributed by atoms with Gasteiger partial charge in [-0.1, -0.05) is 35.7 Å². The summed E-state index contributed by atoms with van der Waals surface area (Å²) in [6.07, 6.45) is 6.31. The molecule has 0 aliphatic carbocycles. The van der Waals surface area contributed by atoms with Crippen LogP contribution in [0.5, 0.6) is 0 Å². The van der Waals surface area contributed by atoms with Crippen molar-refractivity contribution in [2.75, 3.05) is 20.2 Å². The second-order valence-electron chi connectivity index (χ2n) is 4.40. The molecular formula is C12H22BrNO2. The van der Waals surface area contributed by atoms with Gasteiger partial charge in [-0.3, -0.25) is 9.69 Å². The lowest BCUT2D eigenvalue weighted by Gasteiger charge is -2.30. The number of ether oxygens (including phenoxy) is 1. The number of hydrogen-bond acceptors (Lipinski definition) is 3. The van der Waals surface area contributed by atoms with E-state index in [2.05, 4.69) is 27.8 Å². The fraction of sp³-hybridized carbons (Fsp3) is 0.917. The first-order valence-electron chi connectivity index (χ1n) is 6.15. The Morgan fingerprint density at radius 2 is 2.25 bits per heavy atom. The number of halogens is 1. The van der Waals surface area contributed by atoms with Crippen LogP contribution in [-0.2, 0) is 9.53 Å². The Morgan fingerprint density at radius 3 is 2.88 bits per heavy atom. The van der Waals surface area contributed by atoms with E-state index in [0.29, 0.717) is 6.04 Å². The number of carbonyl (C=O) groups is 1. The first-order chi connectivity index (χ1) is 7.69. The smallest absolute Gasteiger partial charge is 0.320 e. The zero-order valence-corrected chi connectivity index (χ0v) is 11.8. The second-order valence-corrected chi connectivity index (χ2v) is 5.50. The van der Waals surface area contributed by atoms with Crippen molar-refractivity contribution in [2.24, 2.45) is 0 Å². The van der Waals surface area contributed by atoms with Gasteiger partial charge in [0.2, 0.25) is 0 Å². The molecule has 0 aromatic heterocycles. The molecule has 0 amide bonds. The number of carbonyl (C=O) groups excluding carboxylic acids is 1. The molecule has 94 valence electrons. The number of methoxy groups -OCH3 is 1. The molecule has 1 rings (SSSR count). The lowest BCUT2D eigenvalue weighted by molar-refractivity contribution is -0.140. The molecule has 0 N–H and O–H groups in total. The Hall–Kier alpha value is -0.0900. The van der Waals surface area contributed by atoms with Crippen LogP contribution in [0, 0.1) is 0 Å². The van der Waals surface area contributed by atoms with Crippen molar-refractivity contribution in [2.45, 2.75) is 49.9 Å². The van der Waals surface area contributed by atoms with E-state index >= 15 is 0 Å². The van der Waals surface area contributed by atoms with Crippen LogP contribution in [0.25, 0.3) is 0 Å². The highest BCUT2D eigenvalue weighted by Gasteiger charge is 2.24. The number of hydrogen-bond donors (Lipinski definition) is 0. The summed E-state index contributed by atoms with van der Waals surface area (Å²) in [6.45, 7) is 4.10. The van der Waals surface area contributed by atoms with Gasteiger partial charge >= 0.3 is 5.97 Å². The van der Waals surface area contributed by atoms with E-state index in [-0.39, 0.29) is 10.8 Å². The Kier molecular flexibility index (Phi) is 6.36. The van der Waals surface area contributed by atoms with Crippen molar-refractivity contribution in [1.82, 2.24) is 4.90 Å². The Morgan fingerprint density at radius 1 is 1.50 bits per heavy atom. The molecule has 4 heteroatoms. The zero-order valence-electron chi connectivity index (χ0n) is 10.2. The van der Waals surface area contributed by atoms with Crippen LogP contribution in [0.1, 0.15) is 39.0 Å². The van der Waals surface area contributed by atoms with E-state index in [1.165, 1.54) is 39.2 Å². The maximum absolute atomic E-state index is 11.4. The number of alkyl halides is 1. The maximum Gasteiger partial charge on any atom is 0.320 e. The Labute approximate surface area is 107 Å². The molecule has 1 aliphatic heterocycles. The third-order valence-corrected chi connectivity index (χ3v) is 3.99. The zero-order chi connectivity index (χ0) is 12.0. The second kappa shape index (κ2) is 7.28. The van der Waals surface area contributed by atoms with E-state index in [9.17, 15) is 4.79 Å². The van der Waals surface area contributed by atoms with Crippen molar-refractivity contribution in [3.8, 4) is 0 Å². The number of rotatable bonds is 4. The first-order valence-corrected chi connectivity index (χ1v) is 7.06. The van der Waals surface area contributed by atoms with Crippen LogP contribution < -0.4 is 0 Å². The van der Waals surface area contributed by atoms with Crippen LogP contribution in [0.4, 0.5) is 0 Å². The molecule has 0 spiro atoms. The van der Waals surface area contributed by atoms with E-state index < -0.39 is 0 Å². The van der Waals surface area contributed by atoms with Gasteiger partial charge in [0, 0.05) is 12.6 Å². The summed E-state index contributed by atoms with van der Waals surface area (Å²) < 4.78 is 4.74. The van der Waals surface area contributed by atoms with Crippen molar-refractivity contribution in [3.05, 3.63) is 0 Å². The largest absolute Gasteiger partial charge is 0.468 e. The summed E-state index contributed by atoms with van der Waals surface area (Å²) in [5.74, 6) is -0.167. The van der Waals surface area contributed by atoms with Crippen LogP contribution in [0.3, 0.4) is 0 Å². The highest BCUT2D eigenvalue weighted by molar-refractivity contribution is 9.10. The van der Waals surface area contributed by atoms with Crippen LogP contribution in [0.15, 0.2) is 0 Å². The average molecular weight is 292 g/mol. The standard InChI is InChI=1S/C12H22BrNO2/c1-3-10-7-5-4-6-8-14(10)9-11(13)12(15)16-2/h10-11H,3-9H2,1-2H3. The summed E-state index contributed by atoms with van der Waals surface area (Å²) in [4.78, 5) is 13.6. The molecule has 0 bridgehead atoms. The van der Waals surface area contributed by atoms with Crippen molar-refractivity contribution < 1.29 is 9.53 Å². The van der Waals surface area contributed by atoms with E-state index in [1.807, 2.05) is 0 Å². The predicted molar refractivity (Wildman–Crippen MR) is 68.9 cm³/mol. The lowest BCUT2D eigenvalue weighted by atomic mass is 10.1. The van der Waals surface area contributed by atoms with Gasteiger partial charge in [-0.25, -0.2) is 0 Å². The SMILES string of the molecule is CCC1CCCCCN1CC(Br)C(=O)OC. The van der Waals surface area contributed by atoms with E-state index in [0.717, 1.165) is 13.1 Å². The number of nitrogens with zero attached hydrogens (tertiary/aromatic N) is 1. The monoisotopic (exact) mass is 291 g/mol. The molecule has 0 aromatic rings. The van der Waals surface area contributed by atoms with Gasteiger partial charge in [0.25, 0.3) is 0 Å². The molecule has 0 saturated carbocycles. The minimum atomic E-state index is -0.190. The normalized spacial score (nSPS) is 24.8. The third kappa shape index (κ3) is 4.06. The molecule has 3 nitrogen and oxygen atoms in total. The van der Waals surface area contributed by atoms with Gasteiger partial charge in [-0.2, -0.15) is 0 Å². The summed E-state index contributed by atoms with van der Waals surface area (Å²) in [5.41, 5.74) is 0. The van der Waals surface area contributed by atoms with Gasteiger partial charge in [-0.05, 0) is 25.8 Å². The quantitative estimate of drug-likeness (QED) is 0.589. The van der Waals surface area contributed by atoms with Crippen molar-refractivity contribution in [3.63, 3.8) is 0 Å². The summed E-state index contributed by atoms with van der Waals surface area (Å²) in [7, 11) is 1.44. The van der Waals surface area contributed by atoms with Crippen LogP contribution in [0.2, 0.25) is 0 Å². The third-order valence-electron chi connectivity index (χ3n) is 3.32. The highest BCUT2D eigenvalue weighted by Crippen LogP contribution is 2.20. The Balaban J connectivity index is 2.50. The fourth-order valence-corrected chi connectivity index (χ4v) is 2.91. The molecule has 1 fully saturated rings. The number of likely N-dealkylation sites (tertiary alicyclic amines) is 1. The minimum Gasteiger partial charge on any atom is -0.468 e. The molecule has 1 aliphatic rings. The summed E-state index contributed by atoms with van der Waals surface area (Å²) >= 11 is 3.40. The number of esters is 1. The highest BCUT2D eigenvalue weighted by atomic mass is 79.9. The topological polar surface area (TPSA) is 29.5 Å². The maximum atomic E-state index is 11.4.